The van der Waals surface area contributed by atoms with Gasteiger partial charge in [-0.2, -0.15) is 0 Å². The summed E-state index contributed by atoms with van der Waals surface area (Å²) in [4.78, 5) is 0. The Morgan fingerprint density at radius 3 is 2.50 bits per heavy atom. The van der Waals surface area contributed by atoms with E-state index in [2.05, 4.69) is 26.1 Å². The van der Waals surface area contributed by atoms with Crippen LogP contribution in [0.1, 0.15) is 40.5 Å². The molecule has 0 aliphatic carbocycles. The minimum absolute atomic E-state index is 0.232. The van der Waals surface area contributed by atoms with E-state index >= 15 is 0 Å². The summed E-state index contributed by atoms with van der Waals surface area (Å²) in [6.07, 6.45) is 2.41. The van der Waals surface area contributed by atoms with Crippen LogP contribution in [0.15, 0.2) is 11.1 Å². The lowest BCUT2D eigenvalue weighted by atomic mass is 9.99. The van der Waals surface area contributed by atoms with Gasteiger partial charge in [0.25, 0.3) is 0 Å². The fourth-order valence-electron chi connectivity index (χ4n) is 1.13. The average Bonchev–Trinajstić information content (AvgIpc) is 2.00. The van der Waals surface area contributed by atoms with Crippen LogP contribution in [0.25, 0.3) is 0 Å². The second-order valence-corrected chi connectivity index (χ2v) is 4.16. The van der Waals surface area contributed by atoms with Crippen molar-refractivity contribution in [3.05, 3.63) is 11.1 Å². The normalized spacial score (nSPS) is 13.6. The molecule has 0 unspecified atom stereocenters. The predicted molar refractivity (Wildman–Crippen MR) is 56.6 cm³/mol. The predicted octanol–water partition coefficient (Wildman–Crippen LogP) is 3.30. The topological polar surface area (TPSA) is 12.0 Å². The zero-order chi connectivity index (χ0) is 9.61. The van der Waals surface area contributed by atoms with Crippen LogP contribution >= 0.6 is 11.6 Å². The van der Waals surface area contributed by atoms with Gasteiger partial charge in [-0.1, -0.05) is 24.9 Å². The van der Waals surface area contributed by atoms with Gasteiger partial charge >= 0.3 is 0 Å². The maximum Gasteiger partial charge on any atom is 0.0178 e. The molecular weight excluding hydrogens is 170 g/mol. The molecule has 2 heteroatoms. The van der Waals surface area contributed by atoms with Crippen LogP contribution in [0.2, 0.25) is 0 Å². The molecule has 0 saturated carbocycles. The van der Waals surface area contributed by atoms with Gasteiger partial charge in [0, 0.05) is 17.6 Å². The summed E-state index contributed by atoms with van der Waals surface area (Å²) in [6.45, 7) is 9.56. The molecule has 12 heavy (non-hydrogen) atoms. The van der Waals surface area contributed by atoms with Gasteiger partial charge in [-0.3, -0.25) is 0 Å². The Bertz CT molecular complexity index is 150. The highest BCUT2D eigenvalue weighted by Gasteiger charge is 2.14. The van der Waals surface area contributed by atoms with E-state index in [0.717, 1.165) is 6.54 Å². The summed E-state index contributed by atoms with van der Waals surface area (Å²) in [5, 5.41) is 3.46. The van der Waals surface area contributed by atoms with Crippen LogP contribution in [0.3, 0.4) is 0 Å². The number of halogens is 1. The number of nitrogens with one attached hydrogen (secondary N) is 1. The minimum Gasteiger partial charge on any atom is -0.308 e. The third kappa shape index (κ3) is 5.62. The van der Waals surface area contributed by atoms with Gasteiger partial charge in [0.05, 0.1) is 0 Å². The van der Waals surface area contributed by atoms with E-state index in [4.69, 9.17) is 11.6 Å². The van der Waals surface area contributed by atoms with Crippen LogP contribution < -0.4 is 5.32 Å². The molecule has 0 aromatic heterocycles. The first-order valence-corrected chi connectivity index (χ1v) is 4.96. The van der Waals surface area contributed by atoms with Crippen molar-refractivity contribution >= 4 is 11.6 Å². The van der Waals surface area contributed by atoms with Gasteiger partial charge in [0.1, 0.15) is 0 Å². The Kier molecular flexibility index (Phi) is 5.60. The van der Waals surface area contributed by atoms with E-state index in [1.807, 2.05) is 6.92 Å². The fraction of sp³-hybridized carbons (Fsp3) is 0.800. The SMILES string of the molecule is CCCC(C)(C)NCC(C)=CCl. The Balaban J connectivity index is 3.75. The van der Waals surface area contributed by atoms with Crippen LogP contribution in [0, 0.1) is 0 Å². The molecule has 1 N–H and O–H groups in total. The van der Waals surface area contributed by atoms with E-state index in [-0.39, 0.29) is 5.54 Å². The summed E-state index contributed by atoms with van der Waals surface area (Å²) in [5.74, 6) is 0. The zero-order valence-corrected chi connectivity index (χ0v) is 9.33. The van der Waals surface area contributed by atoms with Crippen LogP contribution in [0.5, 0.6) is 0 Å². The van der Waals surface area contributed by atoms with Gasteiger partial charge in [0.2, 0.25) is 0 Å². The van der Waals surface area contributed by atoms with Gasteiger partial charge in [0.15, 0.2) is 0 Å². The highest BCUT2D eigenvalue weighted by atomic mass is 35.5. The Morgan fingerprint density at radius 1 is 1.50 bits per heavy atom. The third-order valence-electron chi connectivity index (χ3n) is 1.91. The maximum atomic E-state index is 5.56. The Morgan fingerprint density at radius 2 is 2.08 bits per heavy atom. The largest absolute Gasteiger partial charge is 0.308 e. The quantitative estimate of drug-likeness (QED) is 0.700. The second-order valence-electron chi connectivity index (χ2n) is 3.94. The summed E-state index contributed by atoms with van der Waals surface area (Å²) < 4.78 is 0. The smallest absolute Gasteiger partial charge is 0.0178 e. The summed E-state index contributed by atoms with van der Waals surface area (Å²) in [6, 6.07) is 0. The molecule has 0 aliphatic rings. The van der Waals surface area contributed by atoms with Crippen molar-refractivity contribution in [2.45, 2.75) is 46.1 Å². The van der Waals surface area contributed by atoms with Crippen LogP contribution in [0.4, 0.5) is 0 Å². The molecule has 0 saturated heterocycles. The first-order chi connectivity index (χ1) is 5.52. The highest BCUT2D eigenvalue weighted by Crippen LogP contribution is 2.10. The molecule has 0 aliphatic heterocycles. The number of hydrogen-bond acceptors (Lipinski definition) is 1. The Labute approximate surface area is 81.2 Å². The van der Waals surface area contributed by atoms with Crippen molar-refractivity contribution in [1.82, 2.24) is 5.32 Å². The van der Waals surface area contributed by atoms with Crippen molar-refractivity contribution in [2.75, 3.05) is 6.54 Å². The molecule has 1 nitrogen and oxygen atoms in total. The van der Waals surface area contributed by atoms with Crippen molar-refractivity contribution < 1.29 is 0 Å². The van der Waals surface area contributed by atoms with Crippen molar-refractivity contribution in [3.8, 4) is 0 Å². The zero-order valence-electron chi connectivity index (χ0n) is 8.58. The molecule has 0 radical (unpaired) electrons. The molecule has 0 aromatic rings. The van der Waals surface area contributed by atoms with Gasteiger partial charge in [-0.15, -0.1) is 0 Å². The van der Waals surface area contributed by atoms with Crippen molar-refractivity contribution in [3.63, 3.8) is 0 Å². The lowest BCUT2D eigenvalue weighted by molar-refractivity contribution is 0.372. The lowest BCUT2D eigenvalue weighted by Gasteiger charge is -2.25. The molecule has 0 rings (SSSR count). The van der Waals surface area contributed by atoms with E-state index in [1.165, 1.54) is 18.4 Å². The van der Waals surface area contributed by atoms with E-state index in [0.29, 0.717) is 0 Å². The van der Waals surface area contributed by atoms with Crippen LogP contribution in [-0.2, 0) is 0 Å². The summed E-state index contributed by atoms with van der Waals surface area (Å²) >= 11 is 5.56. The number of hydrogen-bond donors (Lipinski definition) is 1. The first-order valence-electron chi connectivity index (χ1n) is 4.52. The minimum atomic E-state index is 0.232. The Hall–Kier alpha value is -0.0100. The molecule has 0 aromatic carbocycles. The first kappa shape index (κ1) is 12.0. The molecule has 0 spiro atoms. The van der Waals surface area contributed by atoms with Gasteiger partial charge < -0.3 is 5.32 Å². The molecule has 0 fully saturated rings. The van der Waals surface area contributed by atoms with Gasteiger partial charge in [-0.05, 0) is 32.8 Å². The van der Waals surface area contributed by atoms with Crippen molar-refractivity contribution in [1.29, 1.82) is 0 Å². The highest BCUT2D eigenvalue weighted by molar-refractivity contribution is 6.25. The molecule has 0 heterocycles. The van der Waals surface area contributed by atoms with Gasteiger partial charge in [-0.25, -0.2) is 0 Å². The van der Waals surface area contributed by atoms with E-state index in [1.54, 1.807) is 5.54 Å². The molecule has 0 atom stereocenters. The lowest BCUT2D eigenvalue weighted by Crippen LogP contribution is -2.39. The third-order valence-corrected chi connectivity index (χ3v) is 2.28. The summed E-state index contributed by atoms with van der Waals surface area (Å²) in [7, 11) is 0. The maximum absolute atomic E-state index is 5.56. The number of rotatable bonds is 5. The van der Waals surface area contributed by atoms with Crippen molar-refractivity contribution in [2.24, 2.45) is 0 Å². The van der Waals surface area contributed by atoms with E-state index in [9.17, 15) is 0 Å². The standard InChI is InChI=1S/C10H20ClN/c1-5-6-10(3,4)12-8-9(2)7-11/h7,12H,5-6,8H2,1-4H3. The molecule has 72 valence electrons. The molecular formula is C10H20ClN. The van der Waals surface area contributed by atoms with E-state index < -0.39 is 0 Å². The second kappa shape index (κ2) is 5.60. The monoisotopic (exact) mass is 189 g/mol. The average molecular weight is 190 g/mol. The fourth-order valence-corrected chi connectivity index (χ4v) is 1.21. The summed E-state index contributed by atoms with van der Waals surface area (Å²) in [5.41, 5.74) is 3.05. The molecule has 0 amide bonds. The molecule has 0 bridgehead atoms. The van der Waals surface area contributed by atoms with Crippen LogP contribution in [-0.4, -0.2) is 12.1 Å².